The van der Waals surface area contributed by atoms with Crippen LogP contribution in [0.3, 0.4) is 0 Å². The highest BCUT2D eigenvalue weighted by atomic mass is 35.5. The number of aromatic nitrogens is 2. The summed E-state index contributed by atoms with van der Waals surface area (Å²) in [5.74, 6) is 1.43. The van der Waals surface area contributed by atoms with Gasteiger partial charge in [-0.05, 0) is 50.5 Å². The third kappa shape index (κ3) is 5.47. The quantitative estimate of drug-likeness (QED) is 0.600. The van der Waals surface area contributed by atoms with Crippen LogP contribution in [-0.4, -0.2) is 54.1 Å². The van der Waals surface area contributed by atoms with Crippen LogP contribution in [0.2, 0.25) is 5.02 Å². The topological polar surface area (TPSA) is 59.4 Å². The third-order valence-electron chi connectivity index (χ3n) is 4.36. The van der Waals surface area contributed by atoms with Gasteiger partial charge < -0.3 is 19.5 Å². The normalized spacial score (nSPS) is 11.1. The lowest BCUT2D eigenvalue weighted by Gasteiger charge is -2.13. The molecule has 7 heteroatoms. The van der Waals surface area contributed by atoms with Crippen molar-refractivity contribution < 1.29 is 9.53 Å². The average molecular weight is 401 g/mol. The van der Waals surface area contributed by atoms with E-state index in [0.717, 1.165) is 29.9 Å². The summed E-state index contributed by atoms with van der Waals surface area (Å²) in [5.41, 5.74) is 2.10. The number of rotatable bonds is 9. The summed E-state index contributed by atoms with van der Waals surface area (Å²) >= 11 is 5.84. The van der Waals surface area contributed by atoms with Crippen LogP contribution in [0.25, 0.3) is 11.0 Å². The minimum Gasteiger partial charge on any atom is -0.484 e. The van der Waals surface area contributed by atoms with Gasteiger partial charge in [-0.3, -0.25) is 4.79 Å². The van der Waals surface area contributed by atoms with E-state index in [1.807, 2.05) is 18.2 Å². The predicted molar refractivity (Wildman–Crippen MR) is 112 cm³/mol. The van der Waals surface area contributed by atoms with E-state index >= 15 is 0 Å². The fraction of sp³-hybridized carbons (Fsp3) is 0.333. The van der Waals surface area contributed by atoms with Gasteiger partial charge in [0.15, 0.2) is 6.61 Å². The Labute approximate surface area is 170 Å². The van der Waals surface area contributed by atoms with Gasteiger partial charge in [0.05, 0.1) is 11.0 Å². The van der Waals surface area contributed by atoms with Crippen molar-refractivity contribution in [2.24, 2.45) is 0 Å². The van der Waals surface area contributed by atoms with E-state index in [0.29, 0.717) is 23.7 Å². The van der Waals surface area contributed by atoms with Gasteiger partial charge in [-0.2, -0.15) is 0 Å². The smallest absolute Gasteiger partial charge is 0.257 e. The van der Waals surface area contributed by atoms with Crippen molar-refractivity contribution in [3.63, 3.8) is 0 Å². The van der Waals surface area contributed by atoms with Crippen LogP contribution in [0.4, 0.5) is 0 Å². The second-order valence-corrected chi connectivity index (χ2v) is 7.25. The minimum absolute atomic E-state index is 0.0291. The van der Waals surface area contributed by atoms with Crippen molar-refractivity contribution in [2.75, 3.05) is 33.8 Å². The third-order valence-corrected chi connectivity index (χ3v) is 4.61. The van der Waals surface area contributed by atoms with E-state index < -0.39 is 0 Å². The lowest BCUT2D eigenvalue weighted by Crippen LogP contribution is -2.31. The first-order valence-electron chi connectivity index (χ1n) is 9.27. The Bertz CT molecular complexity index is 922. The first kappa shape index (κ1) is 20.2. The number of amides is 1. The SMILES string of the molecule is CN(C)CCn1c(CCNC(=O)COc2ccc(Cl)cc2)nc2ccccc21. The van der Waals surface area contributed by atoms with Gasteiger partial charge in [0, 0.05) is 31.1 Å². The molecule has 1 heterocycles. The molecule has 0 atom stereocenters. The summed E-state index contributed by atoms with van der Waals surface area (Å²) in [6, 6.07) is 15.1. The lowest BCUT2D eigenvalue weighted by atomic mass is 10.3. The molecule has 0 aliphatic rings. The number of para-hydroxylation sites is 2. The number of nitrogens with zero attached hydrogens (tertiary/aromatic N) is 3. The molecule has 0 bridgehead atoms. The summed E-state index contributed by atoms with van der Waals surface area (Å²) in [4.78, 5) is 18.9. The Morgan fingerprint density at radius 1 is 1.18 bits per heavy atom. The molecule has 0 radical (unpaired) electrons. The van der Waals surface area contributed by atoms with Gasteiger partial charge in [-0.1, -0.05) is 23.7 Å². The fourth-order valence-electron chi connectivity index (χ4n) is 2.91. The monoisotopic (exact) mass is 400 g/mol. The van der Waals surface area contributed by atoms with Crippen LogP contribution >= 0.6 is 11.6 Å². The molecular formula is C21H25ClN4O2. The molecular weight excluding hydrogens is 376 g/mol. The molecule has 0 spiro atoms. The highest BCUT2D eigenvalue weighted by Crippen LogP contribution is 2.17. The van der Waals surface area contributed by atoms with Crippen LogP contribution in [0.15, 0.2) is 48.5 Å². The van der Waals surface area contributed by atoms with E-state index in [9.17, 15) is 4.79 Å². The molecule has 0 aliphatic heterocycles. The number of halogens is 1. The van der Waals surface area contributed by atoms with Crippen LogP contribution in [0.1, 0.15) is 5.82 Å². The van der Waals surface area contributed by atoms with E-state index in [2.05, 4.69) is 34.9 Å². The van der Waals surface area contributed by atoms with Gasteiger partial charge in [0.25, 0.3) is 5.91 Å². The zero-order valence-electron chi connectivity index (χ0n) is 16.2. The molecule has 6 nitrogen and oxygen atoms in total. The van der Waals surface area contributed by atoms with Crippen molar-refractivity contribution in [1.82, 2.24) is 19.8 Å². The maximum atomic E-state index is 12.0. The Kier molecular flexibility index (Phi) is 6.90. The van der Waals surface area contributed by atoms with Crippen LogP contribution < -0.4 is 10.1 Å². The molecule has 2 aromatic carbocycles. The molecule has 0 fully saturated rings. The van der Waals surface area contributed by atoms with Crippen molar-refractivity contribution >= 4 is 28.5 Å². The zero-order valence-corrected chi connectivity index (χ0v) is 16.9. The second kappa shape index (κ2) is 9.57. The van der Waals surface area contributed by atoms with Crippen molar-refractivity contribution in [3.8, 4) is 5.75 Å². The molecule has 1 aromatic heterocycles. The van der Waals surface area contributed by atoms with Gasteiger partial charge >= 0.3 is 0 Å². The molecule has 1 amide bonds. The summed E-state index contributed by atoms with van der Waals surface area (Å²) in [6.07, 6.45) is 0.662. The summed E-state index contributed by atoms with van der Waals surface area (Å²) in [6.45, 7) is 2.26. The summed E-state index contributed by atoms with van der Waals surface area (Å²) in [5, 5.41) is 3.53. The minimum atomic E-state index is -0.161. The van der Waals surface area contributed by atoms with Crippen LogP contribution in [-0.2, 0) is 17.8 Å². The summed E-state index contributed by atoms with van der Waals surface area (Å²) < 4.78 is 7.69. The molecule has 28 heavy (non-hydrogen) atoms. The number of benzene rings is 2. The molecule has 0 saturated heterocycles. The number of hydrogen-bond acceptors (Lipinski definition) is 4. The number of ether oxygens (including phenoxy) is 1. The highest BCUT2D eigenvalue weighted by Gasteiger charge is 2.11. The van der Waals surface area contributed by atoms with E-state index in [-0.39, 0.29) is 12.5 Å². The van der Waals surface area contributed by atoms with Gasteiger partial charge in [0.1, 0.15) is 11.6 Å². The number of fused-ring (bicyclic) bond motifs is 1. The maximum absolute atomic E-state index is 12.0. The number of carbonyl (C=O) groups excluding carboxylic acids is 1. The van der Waals surface area contributed by atoms with Crippen molar-refractivity contribution in [2.45, 2.75) is 13.0 Å². The molecule has 3 aromatic rings. The maximum Gasteiger partial charge on any atom is 0.257 e. The largest absolute Gasteiger partial charge is 0.484 e. The zero-order chi connectivity index (χ0) is 19.9. The standard InChI is InChI=1S/C21H25ClN4O2/c1-25(2)13-14-26-19-6-4-3-5-18(19)24-20(26)11-12-23-21(27)15-28-17-9-7-16(22)8-10-17/h3-10H,11-15H2,1-2H3,(H,23,27). The number of nitrogens with one attached hydrogen (secondary N) is 1. The Morgan fingerprint density at radius 2 is 1.93 bits per heavy atom. The molecule has 3 rings (SSSR count). The molecule has 0 unspecified atom stereocenters. The molecule has 0 saturated carbocycles. The molecule has 0 aliphatic carbocycles. The van der Waals surface area contributed by atoms with E-state index in [4.69, 9.17) is 21.3 Å². The Hall–Kier alpha value is -2.57. The lowest BCUT2D eigenvalue weighted by molar-refractivity contribution is -0.123. The number of likely N-dealkylation sites (N-methyl/N-ethyl adjacent to an activating group) is 1. The van der Waals surface area contributed by atoms with E-state index in [1.54, 1.807) is 24.3 Å². The van der Waals surface area contributed by atoms with E-state index in [1.165, 1.54) is 0 Å². The van der Waals surface area contributed by atoms with Crippen molar-refractivity contribution in [1.29, 1.82) is 0 Å². The molecule has 1 N–H and O–H groups in total. The van der Waals surface area contributed by atoms with Gasteiger partial charge in [-0.25, -0.2) is 4.98 Å². The number of hydrogen-bond donors (Lipinski definition) is 1. The second-order valence-electron chi connectivity index (χ2n) is 6.81. The first-order chi connectivity index (χ1) is 13.5. The highest BCUT2D eigenvalue weighted by molar-refractivity contribution is 6.30. The Morgan fingerprint density at radius 3 is 2.68 bits per heavy atom. The van der Waals surface area contributed by atoms with Gasteiger partial charge in [0.2, 0.25) is 0 Å². The summed E-state index contributed by atoms with van der Waals surface area (Å²) in [7, 11) is 4.11. The number of carbonyl (C=O) groups is 1. The molecule has 148 valence electrons. The van der Waals surface area contributed by atoms with Crippen LogP contribution in [0, 0.1) is 0 Å². The van der Waals surface area contributed by atoms with Crippen LogP contribution in [0.5, 0.6) is 5.75 Å². The fourth-order valence-corrected chi connectivity index (χ4v) is 3.04. The van der Waals surface area contributed by atoms with Crippen molar-refractivity contribution in [3.05, 3.63) is 59.4 Å². The predicted octanol–water partition coefficient (Wildman–Crippen LogP) is 2.99. The van der Waals surface area contributed by atoms with Gasteiger partial charge in [-0.15, -0.1) is 0 Å². The number of imidazole rings is 1. The average Bonchev–Trinajstić information content (AvgIpc) is 3.03. The first-order valence-corrected chi connectivity index (χ1v) is 9.64. The Balaban J connectivity index is 1.54.